The van der Waals surface area contributed by atoms with Gasteiger partial charge in [0, 0.05) is 18.2 Å². The van der Waals surface area contributed by atoms with E-state index in [-0.39, 0.29) is 5.97 Å². The Labute approximate surface area is 92.1 Å². The van der Waals surface area contributed by atoms with Crippen LogP contribution in [0.2, 0.25) is 0 Å². The fourth-order valence-corrected chi connectivity index (χ4v) is 1.99. The number of carbonyl (C=O) groups excluding carboxylic acids is 1. The molecule has 1 heterocycles. The SMILES string of the molecule is CCC(=CCN1CCCC1C)C(=O)OC. The average Bonchev–Trinajstić information content (AvgIpc) is 2.65. The second-order valence-corrected chi connectivity index (χ2v) is 4.06. The summed E-state index contributed by atoms with van der Waals surface area (Å²) in [5, 5.41) is 0. The third-order valence-electron chi connectivity index (χ3n) is 3.09. The van der Waals surface area contributed by atoms with Crippen molar-refractivity contribution in [3.05, 3.63) is 11.6 Å². The van der Waals surface area contributed by atoms with Crippen molar-refractivity contribution in [1.29, 1.82) is 0 Å². The van der Waals surface area contributed by atoms with Gasteiger partial charge in [-0.25, -0.2) is 4.79 Å². The number of likely N-dealkylation sites (tertiary alicyclic amines) is 1. The fourth-order valence-electron chi connectivity index (χ4n) is 1.99. The third-order valence-corrected chi connectivity index (χ3v) is 3.09. The number of hydrogen-bond donors (Lipinski definition) is 0. The van der Waals surface area contributed by atoms with Crippen LogP contribution in [0.1, 0.15) is 33.1 Å². The molecule has 3 nitrogen and oxygen atoms in total. The summed E-state index contributed by atoms with van der Waals surface area (Å²) in [7, 11) is 1.43. The quantitative estimate of drug-likeness (QED) is 0.526. The zero-order valence-corrected chi connectivity index (χ0v) is 9.95. The summed E-state index contributed by atoms with van der Waals surface area (Å²) in [4.78, 5) is 13.7. The van der Waals surface area contributed by atoms with Crippen molar-refractivity contribution in [3.63, 3.8) is 0 Å². The Morgan fingerprint density at radius 3 is 2.80 bits per heavy atom. The predicted molar refractivity (Wildman–Crippen MR) is 60.7 cm³/mol. The highest BCUT2D eigenvalue weighted by atomic mass is 16.5. The molecule has 0 N–H and O–H groups in total. The van der Waals surface area contributed by atoms with Crippen LogP contribution < -0.4 is 0 Å². The first-order chi connectivity index (χ1) is 7.19. The fraction of sp³-hybridized carbons (Fsp3) is 0.750. The summed E-state index contributed by atoms with van der Waals surface area (Å²) < 4.78 is 4.72. The summed E-state index contributed by atoms with van der Waals surface area (Å²) in [6, 6.07) is 0.650. The molecule has 0 aromatic carbocycles. The first-order valence-electron chi connectivity index (χ1n) is 5.70. The molecule has 0 radical (unpaired) electrons. The van der Waals surface area contributed by atoms with Gasteiger partial charge in [0.2, 0.25) is 0 Å². The number of nitrogens with zero attached hydrogens (tertiary/aromatic N) is 1. The van der Waals surface area contributed by atoms with Crippen LogP contribution in [0.5, 0.6) is 0 Å². The van der Waals surface area contributed by atoms with E-state index in [2.05, 4.69) is 11.8 Å². The summed E-state index contributed by atoms with van der Waals surface area (Å²) in [6.07, 6.45) is 5.30. The molecule has 0 saturated carbocycles. The van der Waals surface area contributed by atoms with Crippen molar-refractivity contribution in [3.8, 4) is 0 Å². The van der Waals surface area contributed by atoms with Gasteiger partial charge in [0.1, 0.15) is 0 Å². The minimum Gasteiger partial charge on any atom is -0.466 e. The number of esters is 1. The molecule has 1 unspecified atom stereocenters. The maximum Gasteiger partial charge on any atom is 0.333 e. The Bertz CT molecular complexity index is 248. The van der Waals surface area contributed by atoms with E-state index < -0.39 is 0 Å². The highest BCUT2D eigenvalue weighted by Gasteiger charge is 2.19. The number of hydrogen-bond acceptors (Lipinski definition) is 3. The van der Waals surface area contributed by atoms with Gasteiger partial charge in [0.15, 0.2) is 0 Å². The molecule has 1 saturated heterocycles. The highest BCUT2D eigenvalue weighted by Crippen LogP contribution is 2.16. The van der Waals surface area contributed by atoms with Gasteiger partial charge in [0.05, 0.1) is 7.11 Å². The molecule has 1 aliphatic rings. The molecular weight excluding hydrogens is 190 g/mol. The lowest BCUT2D eigenvalue weighted by Gasteiger charge is -2.19. The topological polar surface area (TPSA) is 29.5 Å². The highest BCUT2D eigenvalue weighted by molar-refractivity contribution is 5.88. The molecular formula is C12H21NO2. The molecule has 0 aromatic rings. The summed E-state index contributed by atoms with van der Waals surface area (Å²) in [5.41, 5.74) is 0.789. The molecule has 0 bridgehead atoms. The Kier molecular flexibility index (Phi) is 4.82. The van der Waals surface area contributed by atoms with Gasteiger partial charge >= 0.3 is 5.97 Å². The molecule has 1 aliphatic heterocycles. The second kappa shape index (κ2) is 5.91. The van der Waals surface area contributed by atoms with E-state index in [9.17, 15) is 4.79 Å². The Balaban J connectivity index is 2.50. The zero-order valence-electron chi connectivity index (χ0n) is 9.95. The molecule has 0 amide bonds. The van der Waals surface area contributed by atoms with Crippen LogP contribution in [0.15, 0.2) is 11.6 Å². The first-order valence-corrected chi connectivity index (χ1v) is 5.70. The largest absolute Gasteiger partial charge is 0.466 e. The Morgan fingerprint density at radius 1 is 1.60 bits per heavy atom. The van der Waals surface area contributed by atoms with Crippen molar-refractivity contribution in [2.75, 3.05) is 20.2 Å². The molecule has 1 rings (SSSR count). The van der Waals surface area contributed by atoms with Crippen molar-refractivity contribution < 1.29 is 9.53 Å². The molecule has 15 heavy (non-hydrogen) atoms. The van der Waals surface area contributed by atoms with Gasteiger partial charge < -0.3 is 4.74 Å². The third kappa shape index (κ3) is 3.34. The predicted octanol–water partition coefficient (Wildman–Crippen LogP) is 1.98. The van der Waals surface area contributed by atoms with Crippen LogP contribution in [-0.4, -0.2) is 37.1 Å². The first kappa shape index (κ1) is 12.2. The number of methoxy groups -OCH3 is 1. The maximum absolute atomic E-state index is 11.3. The zero-order chi connectivity index (χ0) is 11.3. The summed E-state index contributed by atoms with van der Waals surface area (Å²) in [5.74, 6) is -0.190. The van der Waals surface area contributed by atoms with Crippen molar-refractivity contribution in [2.45, 2.75) is 39.2 Å². The minimum atomic E-state index is -0.190. The van der Waals surface area contributed by atoms with E-state index in [4.69, 9.17) is 4.74 Å². The number of ether oxygens (including phenoxy) is 1. The van der Waals surface area contributed by atoms with Crippen molar-refractivity contribution >= 4 is 5.97 Å². The Morgan fingerprint density at radius 2 is 2.33 bits per heavy atom. The van der Waals surface area contributed by atoms with E-state index in [1.54, 1.807) is 0 Å². The van der Waals surface area contributed by atoms with Crippen molar-refractivity contribution in [2.24, 2.45) is 0 Å². The lowest BCUT2D eigenvalue weighted by molar-refractivity contribution is -0.136. The van der Waals surface area contributed by atoms with Gasteiger partial charge in [-0.3, -0.25) is 4.90 Å². The normalized spacial score (nSPS) is 23.1. The van der Waals surface area contributed by atoms with Crippen LogP contribution in [0, 0.1) is 0 Å². The summed E-state index contributed by atoms with van der Waals surface area (Å²) >= 11 is 0. The lowest BCUT2D eigenvalue weighted by atomic mass is 10.2. The average molecular weight is 211 g/mol. The van der Waals surface area contributed by atoms with E-state index in [0.717, 1.165) is 25.1 Å². The van der Waals surface area contributed by atoms with Crippen molar-refractivity contribution in [1.82, 2.24) is 4.90 Å². The smallest absolute Gasteiger partial charge is 0.333 e. The molecule has 0 aromatic heterocycles. The van der Waals surface area contributed by atoms with Crippen LogP contribution >= 0.6 is 0 Å². The molecule has 0 spiro atoms. The second-order valence-electron chi connectivity index (χ2n) is 4.06. The monoisotopic (exact) mass is 211 g/mol. The van der Waals surface area contributed by atoms with E-state index in [0.29, 0.717) is 6.04 Å². The van der Waals surface area contributed by atoms with E-state index in [1.165, 1.54) is 20.0 Å². The number of carbonyl (C=O) groups is 1. The van der Waals surface area contributed by atoms with Crippen LogP contribution in [0.25, 0.3) is 0 Å². The summed E-state index contributed by atoms with van der Waals surface area (Å²) in [6.45, 7) is 6.25. The molecule has 0 aliphatic carbocycles. The molecule has 1 atom stereocenters. The van der Waals surface area contributed by atoms with E-state index in [1.807, 2.05) is 13.0 Å². The standard InChI is InChI=1S/C12H21NO2/c1-4-11(12(14)15-3)7-9-13-8-5-6-10(13)2/h7,10H,4-6,8-9H2,1-3H3. The molecule has 86 valence electrons. The van der Waals surface area contributed by atoms with Gasteiger partial charge in [-0.2, -0.15) is 0 Å². The van der Waals surface area contributed by atoms with Gasteiger partial charge in [-0.05, 0) is 32.7 Å². The maximum atomic E-state index is 11.3. The van der Waals surface area contributed by atoms with Crippen LogP contribution in [0.3, 0.4) is 0 Å². The van der Waals surface area contributed by atoms with Gasteiger partial charge in [-0.1, -0.05) is 13.0 Å². The van der Waals surface area contributed by atoms with Crippen LogP contribution in [-0.2, 0) is 9.53 Å². The molecule has 1 fully saturated rings. The van der Waals surface area contributed by atoms with Crippen LogP contribution in [0.4, 0.5) is 0 Å². The minimum absolute atomic E-state index is 0.190. The number of rotatable bonds is 4. The van der Waals surface area contributed by atoms with E-state index >= 15 is 0 Å². The van der Waals surface area contributed by atoms with Gasteiger partial charge in [0.25, 0.3) is 0 Å². The van der Waals surface area contributed by atoms with Gasteiger partial charge in [-0.15, -0.1) is 0 Å². The lowest BCUT2D eigenvalue weighted by Crippen LogP contribution is -2.27. The molecule has 3 heteroatoms. The Hall–Kier alpha value is -0.830.